The van der Waals surface area contributed by atoms with Gasteiger partial charge in [-0.2, -0.15) is 13.2 Å². The monoisotopic (exact) mass is 747 g/mol. The molecule has 2 atom stereocenters. The van der Waals surface area contributed by atoms with Crippen molar-refractivity contribution < 1.29 is 37.4 Å². The fourth-order valence-electron chi connectivity index (χ4n) is 6.00. The van der Waals surface area contributed by atoms with Crippen LogP contribution in [-0.4, -0.2) is 90.4 Å². The van der Waals surface area contributed by atoms with E-state index in [0.717, 1.165) is 17.1 Å². The Kier molecular flexibility index (Phi) is 15.4. The van der Waals surface area contributed by atoms with Crippen molar-refractivity contribution >= 4 is 53.3 Å². The van der Waals surface area contributed by atoms with E-state index in [-0.39, 0.29) is 40.0 Å². The summed E-state index contributed by atoms with van der Waals surface area (Å²) in [6.45, 7) is 12.8. The summed E-state index contributed by atoms with van der Waals surface area (Å²) in [7, 11) is 1.69. The van der Waals surface area contributed by atoms with Gasteiger partial charge in [-0.1, -0.05) is 24.3 Å². The minimum Gasteiger partial charge on any atom is -0.506 e. The molecule has 2 unspecified atom stereocenters. The van der Waals surface area contributed by atoms with E-state index in [1.54, 1.807) is 24.9 Å². The van der Waals surface area contributed by atoms with Gasteiger partial charge < -0.3 is 25.4 Å². The number of hydrogen-bond donors (Lipinski definition) is 3. The van der Waals surface area contributed by atoms with Crippen LogP contribution in [0.4, 0.5) is 18.9 Å². The minimum absolute atomic E-state index is 0.0767. The summed E-state index contributed by atoms with van der Waals surface area (Å²) in [5.41, 5.74) is 0.539. The molecule has 0 saturated carbocycles. The Labute approximate surface area is 306 Å². The molecule has 0 fully saturated rings. The quantitative estimate of drug-likeness (QED) is 0.0815. The number of benzene rings is 1. The molecule has 0 spiro atoms. The second-order valence-corrected chi connectivity index (χ2v) is 12.4. The Morgan fingerprint density at radius 3 is 2.54 bits per heavy atom. The van der Waals surface area contributed by atoms with Crippen LogP contribution in [0.3, 0.4) is 0 Å². The smallest absolute Gasteiger partial charge is 0.416 e. The topological polar surface area (TPSA) is 148 Å². The number of hydrazone groups is 1. The lowest BCUT2D eigenvalue weighted by atomic mass is 9.92. The van der Waals surface area contributed by atoms with Crippen molar-refractivity contribution in [1.29, 1.82) is 0 Å². The number of nitrogens with zero attached hydrogens (tertiary/aromatic N) is 5. The normalized spacial score (nSPS) is 17.7. The van der Waals surface area contributed by atoms with Crippen LogP contribution >= 0.6 is 11.6 Å². The van der Waals surface area contributed by atoms with Crippen molar-refractivity contribution in [2.75, 3.05) is 38.7 Å². The van der Waals surface area contributed by atoms with E-state index in [1.165, 1.54) is 12.3 Å². The highest BCUT2D eigenvalue weighted by Gasteiger charge is 2.36. The van der Waals surface area contributed by atoms with Crippen molar-refractivity contribution in [2.45, 2.75) is 65.1 Å². The molecule has 3 N–H and O–H groups in total. The largest absolute Gasteiger partial charge is 0.506 e. The standard InChI is InChI=1S/C36H45ClF3N7O5/c1-7-29(48)32(43-8-2)35(51)46(9-3)22(4)10-11-23-12-14-28(41-5)31(23)34(50)47(45-33(42-6)24-16-18-52-19-17-24)21-30(49)44-27-15-13-25(20-26(27)37)36(38,39)40/h7-8,13,15-16,20,22-23,41,48H,2,6,9-12,14,17-19,21H2,1,3-5H3,(H,44,49)/b29-7+,43-32?,45-33-. The molecule has 0 bridgehead atoms. The van der Waals surface area contributed by atoms with E-state index >= 15 is 0 Å². The molecular weight excluding hydrogens is 703 g/mol. The van der Waals surface area contributed by atoms with Crippen LogP contribution in [0.5, 0.6) is 0 Å². The zero-order valence-corrected chi connectivity index (χ0v) is 30.5. The fraction of sp³-hybridized carbons (Fsp3) is 0.444. The van der Waals surface area contributed by atoms with E-state index in [9.17, 15) is 32.7 Å². The van der Waals surface area contributed by atoms with Crippen molar-refractivity contribution in [3.63, 3.8) is 0 Å². The predicted octanol–water partition coefficient (Wildman–Crippen LogP) is 6.43. The summed E-state index contributed by atoms with van der Waals surface area (Å²) < 4.78 is 45.0. The maximum atomic E-state index is 14.4. The Balaban J connectivity index is 1.92. The molecule has 1 heterocycles. The number of amidine groups is 1. The number of allylic oxidation sites excluding steroid dienone is 2. The van der Waals surface area contributed by atoms with E-state index < -0.39 is 36.0 Å². The molecule has 1 aliphatic heterocycles. The van der Waals surface area contributed by atoms with E-state index in [0.29, 0.717) is 74.8 Å². The summed E-state index contributed by atoms with van der Waals surface area (Å²) in [6.07, 6.45) is 2.23. The summed E-state index contributed by atoms with van der Waals surface area (Å²) in [5, 5.41) is 21.0. The highest BCUT2D eigenvalue weighted by molar-refractivity contribution is 6.44. The van der Waals surface area contributed by atoms with Crippen molar-refractivity contribution in [1.82, 2.24) is 15.2 Å². The average Bonchev–Trinajstić information content (AvgIpc) is 3.54. The van der Waals surface area contributed by atoms with Gasteiger partial charge in [-0.3, -0.25) is 14.4 Å². The molecule has 3 amide bonds. The summed E-state index contributed by atoms with van der Waals surface area (Å²) in [5.74, 6) is -2.25. The van der Waals surface area contributed by atoms with Gasteiger partial charge in [-0.05, 0) is 95.4 Å². The number of nitrogens with one attached hydrogen (secondary N) is 2. The first-order valence-corrected chi connectivity index (χ1v) is 17.1. The van der Waals surface area contributed by atoms with Crippen LogP contribution in [0.15, 0.2) is 80.8 Å². The minimum atomic E-state index is -4.63. The van der Waals surface area contributed by atoms with Gasteiger partial charge in [0.05, 0.1) is 29.5 Å². The Morgan fingerprint density at radius 1 is 1.25 bits per heavy atom. The van der Waals surface area contributed by atoms with E-state index in [4.69, 9.17) is 16.3 Å². The summed E-state index contributed by atoms with van der Waals surface area (Å²) in [6, 6.07) is 2.22. The van der Waals surface area contributed by atoms with Gasteiger partial charge in [0.25, 0.3) is 11.8 Å². The maximum Gasteiger partial charge on any atom is 0.416 e. The van der Waals surface area contributed by atoms with E-state index in [1.807, 2.05) is 13.8 Å². The lowest BCUT2D eigenvalue weighted by molar-refractivity contribution is -0.137. The number of aliphatic hydroxyl groups is 1. The first kappa shape index (κ1) is 41.7. The third-order valence-electron chi connectivity index (χ3n) is 8.73. The number of hydrogen-bond acceptors (Lipinski definition) is 8. The Bertz CT molecular complexity index is 1690. The van der Waals surface area contributed by atoms with E-state index in [2.05, 4.69) is 39.0 Å². The second-order valence-electron chi connectivity index (χ2n) is 12.0. The fourth-order valence-corrected chi connectivity index (χ4v) is 6.22. The zero-order chi connectivity index (χ0) is 38.6. The molecule has 1 aromatic carbocycles. The van der Waals surface area contributed by atoms with Gasteiger partial charge in [-0.15, -0.1) is 5.10 Å². The number of amides is 3. The first-order valence-electron chi connectivity index (χ1n) is 16.8. The van der Waals surface area contributed by atoms with Gasteiger partial charge in [0.2, 0.25) is 5.91 Å². The number of aliphatic imine (C=N–C) groups is 2. The highest BCUT2D eigenvalue weighted by Crippen LogP contribution is 2.37. The average molecular weight is 748 g/mol. The molecule has 282 valence electrons. The molecule has 1 aliphatic carbocycles. The van der Waals surface area contributed by atoms with Crippen LogP contribution < -0.4 is 10.6 Å². The number of rotatable bonds is 15. The van der Waals surface area contributed by atoms with Gasteiger partial charge in [-0.25, -0.2) is 15.0 Å². The molecule has 16 heteroatoms. The number of ether oxygens (including phenoxy) is 1. The molecule has 0 radical (unpaired) electrons. The molecule has 52 heavy (non-hydrogen) atoms. The SMILES string of the molecule is C=CN=C(C(=O)N(CC)C(C)CCC1CCC(NC)=C1C(=O)N(CC(=O)Nc1ccc(C(F)(F)F)cc1Cl)/N=C(\N=C)C1=CCOCC1)/C(O)=C\C. The number of anilines is 1. The summed E-state index contributed by atoms with van der Waals surface area (Å²) in [4.78, 5) is 50.8. The third-order valence-corrected chi connectivity index (χ3v) is 9.04. The Morgan fingerprint density at radius 2 is 1.98 bits per heavy atom. The van der Waals surface area contributed by atoms with Gasteiger partial charge >= 0.3 is 6.18 Å². The highest BCUT2D eigenvalue weighted by atomic mass is 35.5. The van der Waals surface area contributed by atoms with Crippen molar-refractivity contribution in [3.05, 3.63) is 76.3 Å². The van der Waals surface area contributed by atoms with Crippen LogP contribution in [0.25, 0.3) is 0 Å². The molecule has 0 saturated heterocycles. The lowest BCUT2D eigenvalue weighted by Crippen LogP contribution is -2.43. The van der Waals surface area contributed by atoms with Crippen molar-refractivity contribution in [3.8, 4) is 0 Å². The molecule has 2 aliphatic rings. The third kappa shape index (κ3) is 10.6. The van der Waals surface area contributed by atoms with Crippen LogP contribution in [0.1, 0.15) is 58.4 Å². The summed E-state index contributed by atoms with van der Waals surface area (Å²) >= 11 is 6.08. The van der Waals surface area contributed by atoms with Gasteiger partial charge in [0.15, 0.2) is 11.5 Å². The molecule has 3 rings (SSSR count). The molecular formula is C36H45ClF3N7O5. The Hall–Kier alpha value is -4.76. The second kappa shape index (κ2) is 19.2. The van der Waals surface area contributed by atoms with Gasteiger partial charge in [0, 0.05) is 37.1 Å². The lowest BCUT2D eigenvalue weighted by Gasteiger charge is -2.30. The van der Waals surface area contributed by atoms with Crippen molar-refractivity contribution in [2.24, 2.45) is 21.0 Å². The molecule has 12 nitrogen and oxygen atoms in total. The van der Waals surface area contributed by atoms with Gasteiger partial charge in [0.1, 0.15) is 12.3 Å². The number of alkyl halides is 3. The van der Waals surface area contributed by atoms with Crippen LogP contribution in [0.2, 0.25) is 5.02 Å². The number of carbonyl (C=O) groups excluding carboxylic acids is 3. The molecule has 0 aromatic heterocycles. The molecule has 1 aromatic rings. The van der Waals surface area contributed by atoms with Crippen LogP contribution in [-0.2, 0) is 25.3 Å². The number of halogens is 4. The first-order chi connectivity index (χ1) is 24.7. The number of aliphatic hydroxyl groups excluding tert-OH is 1. The maximum absolute atomic E-state index is 14.4. The zero-order valence-electron chi connectivity index (χ0n) is 29.7. The number of carbonyl (C=O) groups is 3. The van der Waals surface area contributed by atoms with Crippen LogP contribution in [0, 0.1) is 5.92 Å². The predicted molar refractivity (Wildman–Crippen MR) is 196 cm³/mol.